The molecule has 5 heteroatoms. The normalized spacial score (nSPS) is 16.4. The third-order valence-corrected chi connectivity index (χ3v) is 1.34. The summed E-state index contributed by atoms with van der Waals surface area (Å²) in [5.74, 6) is 0.711. The lowest BCUT2D eigenvalue weighted by Crippen LogP contribution is -2.37. The van der Waals surface area contributed by atoms with Crippen molar-refractivity contribution in [3.8, 4) is 0 Å². The van der Waals surface area contributed by atoms with E-state index in [0.29, 0.717) is 5.89 Å². The summed E-state index contributed by atoms with van der Waals surface area (Å²) in [7, 11) is 0. The van der Waals surface area contributed by atoms with Gasteiger partial charge in [-0.25, -0.2) is 0 Å². The molecule has 1 aromatic rings. The first kappa shape index (κ1) is 8.16. The Hall–Kier alpha value is -0.940. The van der Waals surface area contributed by atoms with Crippen molar-refractivity contribution in [3.05, 3.63) is 11.8 Å². The lowest BCUT2D eigenvalue weighted by atomic mass is 10.1. The zero-order valence-corrected chi connectivity index (χ0v) is 6.53. The Kier molecular flexibility index (Phi) is 1.92. The van der Waals surface area contributed by atoms with Crippen LogP contribution in [0.15, 0.2) is 4.42 Å². The van der Waals surface area contributed by atoms with Crippen molar-refractivity contribution in [2.45, 2.75) is 19.4 Å². The molecule has 1 aromatic heterocycles. The topological polar surface area (TPSA) is 85.2 Å². The molecule has 1 rings (SSSR count). The van der Waals surface area contributed by atoms with Crippen molar-refractivity contribution in [3.63, 3.8) is 0 Å². The molecule has 1 atom stereocenters. The highest BCUT2D eigenvalue weighted by Crippen LogP contribution is 2.14. The van der Waals surface area contributed by atoms with E-state index in [1.54, 1.807) is 13.8 Å². The van der Waals surface area contributed by atoms with Gasteiger partial charge in [0.2, 0.25) is 11.8 Å². The molecule has 0 fully saturated rings. The van der Waals surface area contributed by atoms with Crippen LogP contribution in [0.4, 0.5) is 0 Å². The number of aromatic nitrogens is 2. The minimum atomic E-state index is -0.929. The van der Waals surface area contributed by atoms with E-state index < -0.39 is 5.54 Å². The van der Waals surface area contributed by atoms with Crippen LogP contribution >= 0.6 is 0 Å². The van der Waals surface area contributed by atoms with Gasteiger partial charge in [0.1, 0.15) is 5.54 Å². The van der Waals surface area contributed by atoms with Crippen LogP contribution < -0.4 is 5.73 Å². The van der Waals surface area contributed by atoms with Gasteiger partial charge in [-0.1, -0.05) is 0 Å². The summed E-state index contributed by atoms with van der Waals surface area (Å²) in [4.78, 5) is 0. The fourth-order valence-electron chi connectivity index (χ4n) is 0.595. The summed E-state index contributed by atoms with van der Waals surface area (Å²) in [5.41, 5.74) is 4.68. The Bertz CT molecular complexity index is 244. The van der Waals surface area contributed by atoms with Gasteiger partial charge >= 0.3 is 0 Å². The molecular weight excluding hydrogens is 146 g/mol. The summed E-state index contributed by atoms with van der Waals surface area (Å²) in [6.45, 7) is 3.08. The average molecular weight is 157 g/mol. The van der Waals surface area contributed by atoms with Gasteiger partial charge in [0.25, 0.3) is 0 Å². The maximum Gasteiger partial charge on any atom is 0.238 e. The molecule has 3 N–H and O–H groups in total. The summed E-state index contributed by atoms with van der Waals surface area (Å²) in [6.07, 6.45) is 0. The number of hydrogen-bond donors (Lipinski definition) is 2. The molecule has 0 bridgehead atoms. The van der Waals surface area contributed by atoms with Gasteiger partial charge in [0, 0.05) is 6.92 Å². The van der Waals surface area contributed by atoms with Crippen LogP contribution in [-0.4, -0.2) is 21.9 Å². The van der Waals surface area contributed by atoms with Crippen molar-refractivity contribution in [1.82, 2.24) is 10.2 Å². The molecule has 11 heavy (non-hydrogen) atoms. The fourth-order valence-corrected chi connectivity index (χ4v) is 0.595. The molecule has 0 radical (unpaired) electrons. The highest BCUT2D eigenvalue weighted by Gasteiger charge is 2.26. The first-order valence-electron chi connectivity index (χ1n) is 3.26. The van der Waals surface area contributed by atoms with Crippen molar-refractivity contribution in [1.29, 1.82) is 0 Å². The molecule has 1 unspecified atom stereocenters. The van der Waals surface area contributed by atoms with Crippen molar-refractivity contribution in [2.24, 2.45) is 5.73 Å². The highest BCUT2D eigenvalue weighted by atomic mass is 16.4. The standard InChI is InChI=1S/C6H11N3O2/c1-4-8-9-5(11-4)6(2,7)3-10/h10H,3,7H2,1-2H3. The van der Waals surface area contributed by atoms with Gasteiger partial charge < -0.3 is 15.3 Å². The third kappa shape index (κ3) is 1.55. The van der Waals surface area contributed by atoms with Crippen LogP contribution in [0.25, 0.3) is 0 Å². The first-order valence-corrected chi connectivity index (χ1v) is 3.26. The minimum Gasteiger partial charge on any atom is -0.423 e. The smallest absolute Gasteiger partial charge is 0.238 e. The summed E-state index contributed by atoms with van der Waals surface area (Å²) in [5, 5.41) is 16.1. The Morgan fingerprint density at radius 1 is 1.64 bits per heavy atom. The highest BCUT2D eigenvalue weighted by molar-refractivity contribution is 4.96. The van der Waals surface area contributed by atoms with E-state index in [1.807, 2.05) is 0 Å². The van der Waals surface area contributed by atoms with Gasteiger partial charge in [-0.2, -0.15) is 0 Å². The molecule has 0 spiro atoms. The van der Waals surface area contributed by atoms with Crippen LogP contribution in [0, 0.1) is 6.92 Å². The van der Waals surface area contributed by atoms with Gasteiger partial charge in [-0.15, -0.1) is 10.2 Å². The number of hydrogen-bond acceptors (Lipinski definition) is 5. The van der Waals surface area contributed by atoms with E-state index in [1.165, 1.54) is 0 Å². The predicted octanol–water partition coefficient (Wildman–Crippen LogP) is -0.456. The van der Waals surface area contributed by atoms with Gasteiger partial charge in [0.15, 0.2) is 0 Å². The fraction of sp³-hybridized carbons (Fsp3) is 0.667. The van der Waals surface area contributed by atoms with Crippen molar-refractivity contribution >= 4 is 0 Å². The summed E-state index contributed by atoms with van der Waals surface area (Å²) >= 11 is 0. The monoisotopic (exact) mass is 157 g/mol. The maximum absolute atomic E-state index is 8.80. The molecule has 0 amide bonds. The average Bonchev–Trinajstić information content (AvgIpc) is 2.36. The molecule has 0 saturated carbocycles. The van der Waals surface area contributed by atoms with E-state index in [-0.39, 0.29) is 12.5 Å². The predicted molar refractivity (Wildman–Crippen MR) is 37.7 cm³/mol. The van der Waals surface area contributed by atoms with Crippen molar-refractivity contribution < 1.29 is 9.52 Å². The second-order valence-corrected chi connectivity index (χ2v) is 2.70. The number of aliphatic hydroxyl groups is 1. The Balaban J connectivity index is 2.92. The van der Waals surface area contributed by atoms with E-state index in [2.05, 4.69) is 10.2 Å². The van der Waals surface area contributed by atoms with Crippen LogP contribution in [-0.2, 0) is 5.54 Å². The van der Waals surface area contributed by atoms with Crippen LogP contribution in [0.5, 0.6) is 0 Å². The van der Waals surface area contributed by atoms with Gasteiger partial charge in [0.05, 0.1) is 6.61 Å². The largest absolute Gasteiger partial charge is 0.423 e. The molecule has 62 valence electrons. The van der Waals surface area contributed by atoms with Gasteiger partial charge in [-0.3, -0.25) is 0 Å². The van der Waals surface area contributed by atoms with Crippen molar-refractivity contribution in [2.75, 3.05) is 6.61 Å². The molecule has 0 aliphatic rings. The molecule has 5 nitrogen and oxygen atoms in total. The van der Waals surface area contributed by atoms with E-state index in [9.17, 15) is 0 Å². The summed E-state index contributed by atoms with van der Waals surface area (Å²) in [6, 6.07) is 0. The Morgan fingerprint density at radius 3 is 2.64 bits per heavy atom. The van der Waals surface area contributed by atoms with E-state index in [0.717, 1.165) is 0 Å². The zero-order chi connectivity index (χ0) is 8.48. The van der Waals surface area contributed by atoms with Crippen LogP contribution in [0.2, 0.25) is 0 Å². The first-order chi connectivity index (χ1) is 5.06. The van der Waals surface area contributed by atoms with Gasteiger partial charge in [-0.05, 0) is 6.92 Å². The van der Waals surface area contributed by atoms with E-state index >= 15 is 0 Å². The number of nitrogens with zero attached hydrogens (tertiary/aromatic N) is 2. The van der Waals surface area contributed by atoms with Crippen LogP contribution in [0.3, 0.4) is 0 Å². The molecular formula is C6H11N3O2. The molecule has 1 heterocycles. The quantitative estimate of drug-likeness (QED) is 0.607. The molecule has 0 aromatic carbocycles. The zero-order valence-electron chi connectivity index (χ0n) is 6.53. The van der Waals surface area contributed by atoms with E-state index in [4.69, 9.17) is 15.3 Å². The lowest BCUT2D eigenvalue weighted by Gasteiger charge is -2.15. The number of aryl methyl sites for hydroxylation is 1. The molecule has 0 aliphatic carbocycles. The van der Waals surface area contributed by atoms with Crippen LogP contribution in [0.1, 0.15) is 18.7 Å². The second-order valence-electron chi connectivity index (χ2n) is 2.70. The number of aliphatic hydroxyl groups excluding tert-OH is 1. The SMILES string of the molecule is Cc1nnc(C(C)(N)CO)o1. The number of nitrogens with two attached hydrogens (primary N) is 1. The Labute approximate surface area is 64.2 Å². The number of rotatable bonds is 2. The lowest BCUT2D eigenvalue weighted by molar-refractivity contribution is 0.182. The molecule has 0 saturated heterocycles. The Morgan fingerprint density at radius 2 is 2.27 bits per heavy atom. The molecule has 0 aliphatic heterocycles. The maximum atomic E-state index is 8.80. The summed E-state index contributed by atoms with van der Waals surface area (Å²) < 4.78 is 5.03. The third-order valence-electron chi connectivity index (χ3n) is 1.34. The minimum absolute atomic E-state index is 0.214. The second kappa shape index (κ2) is 2.60.